The molecule has 4 aromatic heterocycles. The van der Waals surface area contributed by atoms with Gasteiger partial charge in [0.2, 0.25) is 0 Å². The Morgan fingerprint density at radius 3 is 1.98 bits per heavy atom. The van der Waals surface area contributed by atoms with E-state index in [2.05, 4.69) is 114 Å². The van der Waals surface area contributed by atoms with E-state index in [-0.39, 0.29) is 20.1 Å². The van der Waals surface area contributed by atoms with Gasteiger partial charge in [-0.05, 0) is 78.3 Å². The zero-order valence-electron chi connectivity index (χ0n) is 30.2. The van der Waals surface area contributed by atoms with Crippen LogP contribution in [0.2, 0.25) is 0 Å². The molecule has 5 aromatic carbocycles. The number of aromatic nitrogens is 4. The second-order valence-corrected chi connectivity index (χ2v) is 13.1. The molecule has 0 aliphatic carbocycles. The van der Waals surface area contributed by atoms with Crippen LogP contribution < -0.4 is 0 Å². The molecule has 4 heterocycles. The molecule has 0 unspecified atom stereocenters. The van der Waals surface area contributed by atoms with Crippen molar-refractivity contribution in [1.29, 1.82) is 0 Å². The van der Waals surface area contributed by atoms with Crippen LogP contribution in [0.4, 0.5) is 0 Å². The molecule has 263 valence electrons. The summed E-state index contributed by atoms with van der Waals surface area (Å²) in [6.07, 6.45) is 5.48. The number of nitrogens with zero attached hydrogens (tertiary/aromatic N) is 4. The van der Waals surface area contributed by atoms with Crippen molar-refractivity contribution in [1.82, 2.24) is 19.9 Å². The Labute approximate surface area is 330 Å². The zero-order chi connectivity index (χ0) is 36.1. The molecule has 0 spiro atoms. The van der Waals surface area contributed by atoms with Crippen molar-refractivity contribution in [3.8, 4) is 55.9 Å². The van der Waals surface area contributed by atoms with Crippen LogP contribution in [0.3, 0.4) is 0 Å². The number of aryl methyl sites for hydroxylation is 3. The Morgan fingerprint density at radius 2 is 1.22 bits per heavy atom. The van der Waals surface area contributed by atoms with Crippen molar-refractivity contribution >= 4 is 21.8 Å². The normalized spacial score (nSPS) is 10.7. The van der Waals surface area contributed by atoms with Crippen LogP contribution in [0.5, 0.6) is 0 Å². The summed E-state index contributed by atoms with van der Waals surface area (Å²) >= 11 is 0. The Kier molecular flexibility index (Phi) is 10.9. The van der Waals surface area contributed by atoms with Crippen LogP contribution in [-0.4, -0.2) is 19.9 Å². The molecule has 9 aromatic rings. The Morgan fingerprint density at radius 1 is 0.500 bits per heavy atom. The molecular formula is C49H36IrN4-2. The van der Waals surface area contributed by atoms with E-state index in [9.17, 15) is 0 Å². The van der Waals surface area contributed by atoms with E-state index < -0.39 is 0 Å². The number of pyridine rings is 4. The second-order valence-electron chi connectivity index (χ2n) is 13.1. The summed E-state index contributed by atoms with van der Waals surface area (Å²) in [5.74, 6) is 0. The van der Waals surface area contributed by atoms with Crippen LogP contribution >= 0.6 is 0 Å². The smallest absolute Gasteiger partial charge is 0.0791 e. The molecular weight excluding hydrogens is 837 g/mol. The van der Waals surface area contributed by atoms with Crippen LogP contribution in [0.25, 0.3) is 77.7 Å². The summed E-state index contributed by atoms with van der Waals surface area (Å²) in [5.41, 5.74) is 16.2. The van der Waals surface area contributed by atoms with E-state index in [4.69, 9.17) is 4.98 Å². The molecule has 0 N–H and O–H groups in total. The molecule has 0 bridgehead atoms. The van der Waals surface area contributed by atoms with Crippen molar-refractivity contribution in [2.75, 3.05) is 0 Å². The summed E-state index contributed by atoms with van der Waals surface area (Å²) in [5, 5.41) is 2.25. The number of rotatable bonds is 5. The first-order valence-electron chi connectivity index (χ1n) is 17.7. The molecule has 4 nitrogen and oxygen atoms in total. The van der Waals surface area contributed by atoms with Gasteiger partial charge in [0.05, 0.1) is 11.0 Å². The van der Waals surface area contributed by atoms with Gasteiger partial charge in [-0.2, -0.15) is 0 Å². The van der Waals surface area contributed by atoms with Gasteiger partial charge in [-0.15, -0.1) is 59.2 Å². The van der Waals surface area contributed by atoms with Crippen LogP contribution in [0.1, 0.15) is 16.8 Å². The van der Waals surface area contributed by atoms with Gasteiger partial charge in [-0.1, -0.05) is 102 Å². The zero-order valence-corrected chi connectivity index (χ0v) is 32.6. The minimum Gasteiger partial charge on any atom is -0.305 e. The van der Waals surface area contributed by atoms with Gasteiger partial charge in [0.1, 0.15) is 0 Å². The Hall–Kier alpha value is -6.13. The summed E-state index contributed by atoms with van der Waals surface area (Å²) in [7, 11) is 0. The monoisotopic (exact) mass is 873 g/mol. The quantitative estimate of drug-likeness (QED) is 0.128. The van der Waals surface area contributed by atoms with Gasteiger partial charge >= 0.3 is 0 Å². The summed E-state index contributed by atoms with van der Waals surface area (Å²) in [4.78, 5) is 18.6. The van der Waals surface area contributed by atoms with E-state index in [0.29, 0.717) is 0 Å². The maximum Gasteiger partial charge on any atom is 0.0791 e. The van der Waals surface area contributed by atoms with E-state index in [1.165, 1.54) is 27.8 Å². The van der Waals surface area contributed by atoms with Gasteiger partial charge < -0.3 is 9.97 Å². The average Bonchev–Trinajstić information content (AvgIpc) is 3.21. The van der Waals surface area contributed by atoms with Crippen molar-refractivity contribution in [3.05, 3.63) is 193 Å². The van der Waals surface area contributed by atoms with Crippen LogP contribution in [0.15, 0.2) is 164 Å². The molecule has 0 atom stereocenters. The molecule has 9 rings (SSSR count). The number of benzene rings is 5. The average molecular weight is 873 g/mol. The van der Waals surface area contributed by atoms with E-state index in [1.54, 1.807) is 0 Å². The minimum atomic E-state index is 0. The largest absolute Gasteiger partial charge is 0.305 e. The van der Waals surface area contributed by atoms with Crippen molar-refractivity contribution in [2.24, 2.45) is 0 Å². The number of fused-ring (bicyclic) bond motifs is 3. The third-order valence-corrected chi connectivity index (χ3v) is 9.36. The Balaban J connectivity index is 0.000000200. The first kappa shape index (κ1) is 36.2. The third-order valence-electron chi connectivity index (χ3n) is 9.36. The summed E-state index contributed by atoms with van der Waals surface area (Å²) in [6.45, 7) is 6.33. The van der Waals surface area contributed by atoms with E-state index >= 15 is 0 Å². The SMILES string of the molecule is Cc1cc(-c2cc(-c3ccccn3)[c-]cc2C)cc(-c2cc3ncccc3c3ccc(C)nc23)c1.[Ir].[c-]1cccc(-c2ccccc2)c1-c1ccccn1. The summed E-state index contributed by atoms with van der Waals surface area (Å²) in [6, 6.07) is 56.5. The van der Waals surface area contributed by atoms with Crippen molar-refractivity contribution in [2.45, 2.75) is 20.8 Å². The van der Waals surface area contributed by atoms with Gasteiger partial charge in [0.15, 0.2) is 0 Å². The van der Waals surface area contributed by atoms with Gasteiger partial charge in [0, 0.05) is 60.7 Å². The Bertz CT molecular complexity index is 2640. The topological polar surface area (TPSA) is 51.6 Å². The maximum atomic E-state index is 4.96. The fourth-order valence-electron chi connectivity index (χ4n) is 6.82. The first-order chi connectivity index (χ1) is 26.0. The first-order valence-corrected chi connectivity index (χ1v) is 17.7. The second kappa shape index (κ2) is 16.3. The van der Waals surface area contributed by atoms with E-state index in [1.807, 2.05) is 98.3 Å². The molecule has 0 aliphatic heterocycles. The molecule has 0 saturated carbocycles. The predicted octanol–water partition coefficient (Wildman–Crippen LogP) is 12.1. The molecule has 5 heteroatoms. The predicted molar refractivity (Wildman–Crippen MR) is 218 cm³/mol. The molecule has 0 fully saturated rings. The maximum absolute atomic E-state index is 4.96. The molecule has 0 saturated heterocycles. The molecule has 0 aliphatic rings. The molecule has 1 radical (unpaired) electrons. The van der Waals surface area contributed by atoms with Crippen LogP contribution in [0, 0.1) is 32.9 Å². The van der Waals surface area contributed by atoms with Crippen LogP contribution in [-0.2, 0) is 20.1 Å². The summed E-state index contributed by atoms with van der Waals surface area (Å²) < 4.78 is 0. The molecule has 54 heavy (non-hydrogen) atoms. The van der Waals surface area contributed by atoms with Crippen molar-refractivity contribution < 1.29 is 20.1 Å². The third kappa shape index (κ3) is 7.65. The van der Waals surface area contributed by atoms with Gasteiger partial charge in [-0.3, -0.25) is 9.97 Å². The standard InChI is InChI=1S/C32H24N3.C17H12N.Ir/c1-20-15-24(28-18-23(11-9-21(28)2)30-8-4-5-13-33-30)17-25(16-20)29-19-31-26(7-6-14-34-31)27-12-10-22(3)35-32(27)29;1-2-8-14(9-3-1)15-10-4-5-11-16(15)17-12-6-7-13-18-17;/h4-10,12-19H,1-3H3;1-10,12-13H;/q2*-1;. The number of hydrogen-bond acceptors (Lipinski definition) is 4. The van der Waals surface area contributed by atoms with Gasteiger partial charge in [-0.25, -0.2) is 0 Å². The number of hydrogen-bond donors (Lipinski definition) is 0. The fraction of sp³-hybridized carbons (Fsp3) is 0.0612. The molecule has 0 amide bonds. The van der Waals surface area contributed by atoms with E-state index in [0.717, 1.165) is 66.7 Å². The van der Waals surface area contributed by atoms with Crippen molar-refractivity contribution in [3.63, 3.8) is 0 Å². The fourth-order valence-corrected chi connectivity index (χ4v) is 6.82. The minimum absolute atomic E-state index is 0. The van der Waals surface area contributed by atoms with Gasteiger partial charge in [0.25, 0.3) is 0 Å².